The first kappa shape index (κ1) is 15.3. The van der Waals surface area contributed by atoms with Crippen molar-refractivity contribution in [1.29, 1.82) is 5.26 Å². The number of nitrogens with one attached hydrogen (secondary N) is 1. The molecule has 0 saturated carbocycles. The Kier molecular flexibility index (Phi) is 3.75. The quantitative estimate of drug-likeness (QED) is 0.814. The van der Waals surface area contributed by atoms with Crippen LogP contribution in [0.25, 0.3) is 5.69 Å². The highest BCUT2D eigenvalue weighted by Crippen LogP contribution is 2.25. The second kappa shape index (κ2) is 5.89. The normalized spacial score (nSPS) is 13.2. The van der Waals surface area contributed by atoms with Crippen LogP contribution < -0.4 is 11.2 Å². The maximum Gasteiger partial charge on any atom is 0.357 e. The lowest BCUT2D eigenvalue weighted by molar-refractivity contribution is -0.119. The number of amides is 1. The maximum atomic E-state index is 12.0. The zero-order chi connectivity index (χ0) is 17.3. The minimum absolute atomic E-state index is 0.0600. The summed E-state index contributed by atoms with van der Waals surface area (Å²) in [6.45, 7) is 0. The summed E-state index contributed by atoms with van der Waals surface area (Å²) in [7, 11) is 1.24. The van der Waals surface area contributed by atoms with Gasteiger partial charge in [-0.1, -0.05) is 12.1 Å². The molecule has 24 heavy (non-hydrogen) atoms. The number of rotatable bonds is 3. The van der Waals surface area contributed by atoms with Gasteiger partial charge in [0.1, 0.15) is 6.07 Å². The number of esters is 1. The van der Waals surface area contributed by atoms with Crippen molar-refractivity contribution in [3.8, 4) is 11.8 Å². The lowest BCUT2D eigenvalue weighted by Gasteiger charge is -2.10. The predicted molar refractivity (Wildman–Crippen MR) is 85.5 cm³/mol. The summed E-state index contributed by atoms with van der Waals surface area (Å²) in [5.41, 5.74) is 10.5. The van der Waals surface area contributed by atoms with Crippen molar-refractivity contribution >= 4 is 23.3 Å². The lowest BCUT2D eigenvalue weighted by Crippen LogP contribution is -2.11. The molecule has 0 radical (unpaired) electrons. The molecule has 3 N–H and O–H groups in total. The molecule has 2 heterocycles. The first-order valence-corrected chi connectivity index (χ1v) is 7.00. The Morgan fingerprint density at radius 2 is 2.29 bits per heavy atom. The molecule has 2 aromatic rings. The van der Waals surface area contributed by atoms with E-state index >= 15 is 0 Å². The molecule has 0 unspecified atom stereocenters. The average molecular weight is 323 g/mol. The molecule has 1 aromatic carbocycles. The third kappa shape index (κ3) is 2.48. The minimum atomic E-state index is -0.644. The highest BCUT2D eigenvalue weighted by molar-refractivity contribution is 6.13. The number of hydrogen-bond donors (Lipinski definition) is 2. The van der Waals surface area contributed by atoms with E-state index in [1.807, 2.05) is 6.07 Å². The van der Waals surface area contributed by atoms with Crippen LogP contribution in [0.2, 0.25) is 0 Å². The van der Waals surface area contributed by atoms with Crippen molar-refractivity contribution in [3.63, 3.8) is 0 Å². The molecule has 120 valence electrons. The van der Waals surface area contributed by atoms with Crippen molar-refractivity contribution in [2.24, 2.45) is 5.10 Å². The molecule has 1 aliphatic rings. The molecular formula is C16H13N5O3. The number of nitriles is 1. The van der Waals surface area contributed by atoms with Gasteiger partial charge in [-0.15, -0.1) is 0 Å². The Bertz CT molecular complexity index is 920. The third-order valence-electron chi connectivity index (χ3n) is 3.64. The Labute approximate surface area is 137 Å². The number of hydrazone groups is 1. The molecule has 3 rings (SSSR count). The zero-order valence-corrected chi connectivity index (χ0v) is 12.7. The van der Waals surface area contributed by atoms with Crippen LogP contribution in [-0.4, -0.2) is 29.3 Å². The Morgan fingerprint density at radius 1 is 1.50 bits per heavy atom. The zero-order valence-electron chi connectivity index (χ0n) is 12.7. The number of nitrogens with zero attached hydrogens (tertiary/aromatic N) is 3. The van der Waals surface area contributed by atoms with Gasteiger partial charge in [0.05, 0.1) is 30.5 Å². The Morgan fingerprint density at radius 3 is 2.92 bits per heavy atom. The van der Waals surface area contributed by atoms with Gasteiger partial charge in [0.25, 0.3) is 0 Å². The van der Waals surface area contributed by atoms with Crippen molar-refractivity contribution in [2.75, 3.05) is 12.8 Å². The van der Waals surface area contributed by atoms with Crippen LogP contribution in [0.1, 0.15) is 28.0 Å². The monoisotopic (exact) mass is 323 g/mol. The molecule has 1 amide bonds. The first-order valence-electron chi connectivity index (χ1n) is 7.00. The summed E-state index contributed by atoms with van der Waals surface area (Å²) in [4.78, 5) is 23.3. The summed E-state index contributed by atoms with van der Waals surface area (Å²) in [6.07, 6.45) is 1.66. The van der Waals surface area contributed by atoms with Gasteiger partial charge in [0.15, 0.2) is 5.69 Å². The van der Waals surface area contributed by atoms with Crippen molar-refractivity contribution in [2.45, 2.75) is 6.42 Å². The topological polar surface area (TPSA) is 122 Å². The van der Waals surface area contributed by atoms with Gasteiger partial charge in [-0.25, -0.2) is 10.2 Å². The molecule has 0 saturated heterocycles. The van der Waals surface area contributed by atoms with Crippen molar-refractivity contribution < 1.29 is 14.3 Å². The number of nitrogens with two attached hydrogens (primary N) is 1. The molecule has 0 fully saturated rings. The van der Waals surface area contributed by atoms with E-state index in [-0.39, 0.29) is 29.3 Å². The summed E-state index contributed by atoms with van der Waals surface area (Å²) in [6, 6.07) is 9.02. The van der Waals surface area contributed by atoms with Gasteiger partial charge >= 0.3 is 5.97 Å². The Balaban J connectivity index is 2.12. The molecule has 8 heteroatoms. The largest absolute Gasteiger partial charge is 0.464 e. The Hall–Kier alpha value is -3.60. The van der Waals surface area contributed by atoms with Crippen molar-refractivity contribution in [1.82, 2.24) is 9.99 Å². The lowest BCUT2D eigenvalue weighted by atomic mass is 10.1. The van der Waals surface area contributed by atoms with Crippen LogP contribution in [0, 0.1) is 11.3 Å². The van der Waals surface area contributed by atoms with E-state index < -0.39 is 5.97 Å². The molecule has 0 aliphatic carbocycles. The number of methoxy groups -OCH3 is 1. The van der Waals surface area contributed by atoms with E-state index in [1.54, 1.807) is 24.3 Å². The molecule has 0 spiro atoms. The first-order chi connectivity index (χ1) is 11.5. The fourth-order valence-electron chi connectivity index (χ4n) is 2.48. The summed E-state index contributed by atoms with van der Waals surface area (Å²) < 4.78 is 6.25. The number of nitrogen functional groups attached to an aromatic ring is 1. The maximum absolute atomic E-state index is 12.0. The number of benzene rings is 1. The average Bonchev–Trinajstić information content (AvgIpc) is 3.17. The fourth-order valence-corrected chi connectivity index (χ4v) is 2.48. The van der Waals surface area contributed by atoms with E-state index in [4.69, 9.17) is 15.7 Å². The number of carbonyl (C=O) groups is 2. The van der Waals surface area contributed by atoms with E-state index in [1.165, 1.54) is 17.9 Å². The van der Waals surface area contributed by atoms with Gasteiger partial charge in [-0.05, 0) is 12.1 Å². The fraction of sp³-hybridized carbons (Fsp3) is 0.125. The van der Waals surface area contributed by atoms with Crippen LogP contribution in [0.5, 0.6) is 0 Å². The summed E-state index contributed by atoms with van der Waals surface area (Å²) >= 11 is 0. The smallest absolute Gasteiger partial charge is 0.357 e. The number of anilines is 1. The van der Waals surface area contributed by atoms with E-state index in [0.717, 1.165) is 5.56 Å². The molecule has 1 aliphatic heterocycles. The number of carbonyl (C=O) groups excluding carboxylic acids is 2. The van der Waals surface area contributed by atoms with E-state index in [0.29, 0.717) is 11.4 Å². The SMILES string of the molecule is COC(=O)c1c(N)c(C#N)cn1-c1cccc(C2=NNC(=O)C2)c1. The van der Waals surface area contributed by atoms with Crippen LogP contribution >= 0.6 is 0 Å². The van der Waals surface area contributed by atoms with Crippen LogP contribution in [0.4, 0.5) is 5.69 Å². The molecule has 1 aromatic heterocycles. The predicted octanol–water partition coefficient (Wildman–Crippen LogP) is 0.942. The molecular weight excluding hydrogens is 310 g/mol. The van der Waals surface area contributed by atoms with Gasteiger partial charge in [0.2, 0.25) is 5.91 Å². The van der Waals surface area contributed by atoms with Crippen LogP contribution in [0.15, 0.2) is 35.6 Å². The van der Waals surface area contributed by atoms with Gasteiger partial charge in [0, 0.05) is 17.4 Å². The highest BCUT2D eigenvalue weighted by Gasteiger charge is 2.22. The van der Waals surface area contributed by atoms with Crippen LogP contribution in [0.3, 0.4) is 0 Å². The molecule has 8 nitrogen and oxygen atoms in total. The third-order valence-corrected chi connectivity index (χ3v) is 3.64. The van der Waals surface area contributed by atoms with Gasteiger partial charge in [-0.2, -0.15) is 10.4 Å². The van der Waals surface area contributed by atoms with E-state index in [2.05, 4.69) is 10.5 Å². The number of ether oxygens (including phenoxy) is 1. The molecule has 0 atom stereocenters. The van der Waals surface area contributed by atoms with Gasteiger partial charge < -0.3 is 15.0 Å². The summed E-state index contributed by atoms with van der Waals surface area (Å²) in [5, 5.41) is 13.1. The van der Waals surface area contributed by atoms with Crippen molar-refractivity contribution in [3.05, 3.63) is 47.3 Å². The highest BCUT2D eigenvalue weighted by atomic mass is 16.5. The summed E-state index contributed by atoms with van der Waals surface area (Å²) in [5.74, 6) is -0.822. The second-order valence-electron chi connectivity index (χ2n) is 5.10. The second-order valence-corrected chi connectivity index (χ2v) is 5.10. The van der Waals surface area contributed by atoms with Crippen LogP contribution in [-0.2, 0) is 9.53 Å². The standard InChI is InChI=1S/C16H13N5O3/c1-24-16(23)15-14(18)10(7-17)8-21(15)11-4-2-3-9(5-11)12-6-13(22)20-19-12/h2-5,8H,6,18H2,1H3,(H,20,22). The van der Waals surface area contributed by atoms with E-state index in [9.17, 15) is 9.59 Å². The minimum Gasteiger partial charge on any atom is -0.464 e. The van der Waals surface area contributed by atoms with Gasteiger partial charge in [-0.3, -0.25) is 4.79 Å². The number of aromatic nitrogens is 1. The molecule has 0 bridgehead atoms. The number of hydrogen-bond acceptors (Lipinski definition) is 6.